The first-order valence-electron chi connectivity index (χ1n) is 13.6. The Balaban J connectivity index is 1.17. The first-order valence-corrected chi connectivity index (χ1v) is 13.6. The Morgan fingerprint density at radius 3 is 2.79 bits per heavy atom. The average Bonchev–Trinajstić information content (AvgIpc) is 3.41. The fourth-order valence-electron chi connectivity index (χ4n) is 9.07. The standard InChI is InChI=1S/C29H35FN4/c1-17-12-21-20-6-2-3-7-24(20)32-27(21)28-25-22(26-18-15-29(26,16-18)34(17)28)13-19(14-23(25)30)31-8-11-33-9-4-5-10-33/h2-3,6-7,13-14,17-18,22,25-26,28,31-32H,4-5,8-12,15-16H2,1H3/t17-,18?,22?,25?,26?,28-,29?/m1/s1. The van der Waals surface area contributed by atoms with Crippen molar-refractivity contribution in [2.24, 2.45) is 23.7 Å². The maximum absolute atomic E-state index is 16.1. The van der Waals surface area contributed by atoms with Crippen LogP contribution in [0.3, 0.4) is 0 Å². The monoisotopic (exact) mass is 458 g/mol. The van der Waals surface area contributed by atoms with Gasteiger partial charge in [-0.15, -0.1) is 0 Å². The van der Waals surface area contributed by atoms with Crippen LogP contribution < -0.4 is 5.32 Å². The van der Waals surface area contributed by atoms with E-state index in [4.69, 9.17) is 0 Å². The van der Waals surface area contributed by atoms with E-state index >= 15 is 4.39 Å². The van der Waals surface area contributed by atoms with Crippen LogP contribution in [0.5, 0.6) is 0 Å². The van der Waals surface area contributed by atoms with Gasteiger partial charge >= 0.3 is 0 Å². The van der Waals surface area contributed by atoms with Gasteiger partial charge in [0, 0.05) is 52.9 Å². The van der Waals surface area contributed by atoms with Crippen molar-refractivity contribution in [3.63, 3.8) is 0 Å². The third kappa shape index (κ3) is 2.50. The number of hydrogen-bond donors (Lipinski definition) is 2. The van der Waals surface area contributed by atoms with Gasteiger partial charge in [0.25, 0.3) is 0 Å². The second-order valence-electron chi connectivity index (χ2n) is 12.0. The summed E-state index contributed by atoms with van der Waals surface area (Å²) in [5, 5.41) is 4.94. The molecule has 5 atom stereocenters. The van der Waals surface area contributed by atoms with Crippen molar-refractivity contribution in [3.8, 4) is 0 Å². The van der Waals surface area contributed by atoms with E-state index in [1.165, 1.54) is 60.9 Å². The minimum Gasteiger partial charge on any atom is -0.384 e. The summed E-state index contributed by atoms with van der Waals surface area (Å²) >= 11 is 0. The third-order valence-corrected chi connectivity index (χ3v) is 10.4. The zero-order valence-corrected chi connectivity index (χ0v) is 20.1. The van der Waals surface area contributed by atoms with Gasteiger partial charge in [0.05, 0.1) is 6.04 Å². The zero-order chi connectivity index (χ0) is 22.6. The van der Waals surface area contributed by atoms with Crippen molar-refractivity contribution in [1.82, 2.24) is 20.1 Å². The zero-order valence-electron chi connectivity index (χ0n) is 20.1. The second-order valence-corrected chi connectivity index (χ2v) is 12.0. The van der Waals surface area contributed by atoms with E-state index in [1.807, 2.05) is 6.08 Å². The lowest BCUT2D eigenvalue weighted by molar-refractivity contribution is -0.291. The van der Waals surface area contributed by atoms with Crippen molar-refractivity contribution in [3.05, 3.63) is 59.2 Å². The van der Waals surface area contributed by atoms with E-state index < -0.39 is 0 Å². The molecule has 3 saturated carbocycles. The highest BCUT2D eigenvalue weighted by Crippen LogP contribution is 2.75. The largest absolute Gasteiger partial charge is 0.384 e. The molecule has 1 aromatic heterocycles. The molecule has 2 N–H and O–H groups in total. The first kappa shape index (κ1) is 20.1. The van der Waals surface area contributed by atoms with Gasteiger partial charge in [-0.2, -0.15) is 0 Å². The Labute approximate surface area is 201 Å². The average molecular weight is 459 g/mol. The van der Waals surface area contributed by atoms with Gasteiger partial charge < -0.3 is 15.2 Å². The van der Waals surface area contributed by atoms with Crippen LogP contribution in [0.2, 0.25) is 0 Å². The molecule has 3 unspecified atom stereocenters. The molecule has 4 aliphatic carbocycles. The molecule has 5 fully saturated rings. The lowest BCUT2D eigenvalue weighted by atomic mass is 9.34. The number of hydrogen-bond acceptors (Lipinski definition) is 3. The third-order valence-electron chi connectivity index (χ3n) is 10.4. The summed E-state index contributed by atoms with van der Waals surface area (Å²) in [5.74, 6) is 1.73. The molecule has 0 radical (unpaired) electrons. The van der Waals surface area contributed by atoms with E-state index in [0.29, 0.717) is 23.4 Å². The number of piperidine rings is 1. The van der Waals surface area contributed by atoms with Crippen molar-refractivity contribution < 1.29 is 4.39 Å². The number of rotatable bonds is 4. The summed E-state index contributed by atoms with van der Waals surface area (Å²) in [4.78, 5) is 9.09. The lowest BCUT2D eigenvalue weighted by Crippen LogP contribution is -2.82. The molecule has 2 bridgehead atoms. The van der Waals surface area contributed by atoms with Crippen LogP contribution in [0, 0.1) is 23.7 Å². The van der Waals surface area contributed by atoms with Crippen LogP contribution in [0.15, 0.2) is 47.9 Å². The molecule has 1 aromatic carbocycles. The second kappa shape index (κ2) is 6.98. The number of nitrogens with zero attached hydrogens (tertiary/aromatic N) is 2. The van der Waals surface area contributed by atoms with Crippen LogP contribution in [0.1, 0.15) is 49.9 Å². The minimum atomic E-state index is -0.0695. The Kier molecular flexibility index (Phi) is 4.13. The van der Waals surface area contributed by atoms with Gasteiger partial charge in [-0.1, -0.05) is 24.3 Å². The summed E-state index contributed by atoms with van der Waals surface area (Å²) in [7, 11) is 0. The number of benzene rings is 1. The topological polar surface area (TPSA) is 34.3 Å². The van der Waals surface area contributed by atoms with E-state index in [2.05, 4.69) is 57.4 Å². The number of halogens is 1. The fourth-order valence-corrected chi connectivity index (χ4v) is 9.07. The van der Waals surface area contributed by atoms with Crippen LogP contribution in [0.25, 0.3) is 10.9 Å². The number of aromatic nitrogens is 1. The molecule has 2 aromatic rings. The molecule has 9 rings (SSSR count). The number of para-hydroxylation sites is 1. The highest BCUT2D eigenvalue weighted by atomic mass is 19.1. The predicted molar refractivity (Wildman–Crippen MR) is 133 cm³/mol. The van der Waals surface area contributed by atoms with E-state index in [9.17, 15) is 0 Å². The van der Waals surface area contributed by atoms with Crippen LogP contribution in [0.4, 0.5) is 4.39 Å². The van der Waals surface area contributed by atoms with Gasteiger partial charge in [0.1, 0.15) is 5.83 Å². The highest BCUT2D eigenvalue weighted by Gasteiger charge is 2.76. The molecule has 0 amide bonds. The van der Waals surface area contributed by atoms with Crippen molar-refractivity contribution >= 4 is 10.9 Å². The van der Waals surface area contributed by atoms with Crippen molar-refractivity contribution in [1.29, 1.82) is 0 Å². The number of H-pyrrole nitrogens is 1. The molecule has 178 valence electrons. The van der Waals surface area contributed by atoms with Gasteiger partial charge in [-0.05, 0) is 87.6 Å². The molecular formula is C29H35FN4. The number of likely N-dealkylation sites (tertiary alicyclic amines) is 1. The van der Waals surface area contributed by atoms with Gasteiger partial charge in [-0.25, -0.2) is 4.39 Å². The number of aromatic amines is 1. The number of nitrogens with one attached hydrogen (secondary N) is 2. The summed E-state index contributed by atoms with van der Waals surface area (Å²) in [6.45, 7) is 6.78. The Hall–Kier alpha value is -2.11. The summed E-state index contributed by atoms with van der Waals surface area (Å²) in [5.41, 5.74) is 5.24. The Morgan fingerprint density at radius 1 is 1.18 bits per heavy atom. The smallest absolute Gasteiger partial charge is 0.108 e. The van der Waals surface area contributed by atoms with Crippen molar-refractivity contribution in [2.45, 2.75) is 56.7 Å². The quantitative estimate of drug-likeness (QED) is 0.683. The maximum atomic E-state index is 16.1. The summed E-state index contributed by atoms with van der Waals surface area (Å²) in [6, 6.07) is 9.24. The van der Waals surface area contributed by atoms with Gasteiger partial charge in [0.15, 0.2) is 0 Å². The van der Waals surface area contributed by atoms with Crippen LogP contribution in [-0.2, 0) is 6.42 Å². The van der Waals surface area contributed by atoms with E-state index in [1.54, 1.807) is 0 Å². The minimum absolute atomic E-state index is 0.0695. The predicted octanol–water partition coefficient (Wildman–Crippen LogP) is 4.92. The molecule has 4 nitrogen and oxygen atoms in total. The summed E-state index contributed by atoms with van der Waals surface area (Å²) in [6.07, 6.45) is 10.6. The van der Waals surface area contributed by atoms with Gasteiger partial charge in [-0.3, -0.25) is 4.90 Å². The van der Waals surface area contributed by atoms with Gasteiger partial charge in [0.2, 0.25) is 0 Å². The summed E-state index contributed by atoms with van der Waals surface area (Å²) < 4.78 is 16.1. The van der Waals surface area contributed by atoms with E-state index in [-0.39, 0.29) is 17.8 Å². The molecule has 2 saturated heterocycles. The highest BCUT2D eigenvalue weighted by molar-refractivity contribution is 5.85. The molecule has 5 heteroatoms. The molecule has 1 spiro atoms. The molecule has 3 aliphatic heterocycles. The lowest BCUT2D eigenvalue weighted by Gasteiger charge is -2.80. The van der Waals surface area contributed by atoms with E-state index in [0.717, 1.165) is 31.1 Å². The Morgan fingerprint density at radius 2 is 2.00 bits per heavy atom. The molecule has 34 heavy (non-hydrogen) atoms. The normalized spacial score (nSPS) is 40.3. The Bertz CT molecular complexity index is 1210. The SMILES string of the molecule is C[C@@H]1Cc2c([nH]c3ccccc23)[C@H]2C3C(F)=CC(NCCN4CCCC4)=CC3C3C4CC3(C4)N12. The fraction of sp³-hybridized carbons (Fsp3) is 0.586. The number of fused-ring (bicyclic) bond motifs is 7. The van der Waals surface area contributed by atoms with Crippen LogP contribution in [-0.4, -0.2) is 52.5 Å². The molecular weight excluding hydrogens is 423 g/mol. The number of allylic oxidation sites excluding steroid dienone is 2. The first-order chi connectivity index (χ1) is 16.6. The maximum Gasteiger partial charge on any atom is 0.108 e. The molecule has 4 heterocycles. The van der Waals surface area contributed by atoms with Crippen LogP contribution >= 0.6 is 0 Å². The molecule has 7 aliphatic rings. The van der Waals surface area contributed by atoms with Crippen molar-refractivity contribution in [2.75, 3.05) is 26.2 Å².